The monoisotopic (exact) mass is 599 g/mol. The molecule has 43 heavy (non-hydrogen) atoms. The van der Waals surface area contributed by atoms with Crippen LogP contribution in [0.1, 0.15) is 160 Å². The average Bonchev–Trinajstić information content (AvgIpc) is 2.82. The van der Waals surface area contributed by atoms with Gasteiger partial charge in [0.25, 0.3) is 0 Å². The van der Waals surface area contributed by atoms with Crippen LogP contribution in [-0.2, 0) is 6.42 Å². The first-order chi connectivity index (χ1) is 19.5. The summed E-state index contributed by atoms with van der Waals surface area (Å²) in [5.74, 6) is 8.72. The number of piperidine rings is 2. The first-order valence-electron chi connectivity index (χ1n) is 16.9. The number of hydrogen-bond acceptors (Lipinski definition) is 8. The normalized spacial score (nSPS) is 24.2. The molecule has 2 saturated heterocycles. The van der Waals surface area contributed by atoms with E-state index in [9.17, 15) is 0 Å². The molecule has 0 saturated carbocycles. The van der Waals surface area contributed by atoms with Crippen LogP contribution in [0.15, 0.2) is 11.4 Å². The van der Waals surface area contributed by atoms with E-state index in [1.54, 1.807) is 6.33 Å². The standard InChI is InChI=1S/C35H66N8/c1-30(2,3)24-31(4,5)40-29-38-25-37-28(39-29)19-18-27(41-43-33(8,9)21-15-22-34(43,10)11)17-14-16-26-20-23-32(6,7)42(36)35(26,12)13/h25-26H,14-24,36H2,1-13H3,(H,37,38,39,40). The predicted molar refractivity (Wildman–Crippen MR) is 182 cm³/mol. The van der Waals surface area contributed by atoms with Crippen molar-refractivity contribution in [2.75, 3.05) is 5.32 Å². The maximum absolute atomic E-state index is 6.67. The Kier molecular flexibility index (Phi) is 10.7. The van der Waals surface area contributed by atoms with Crippen LogP contribution in [0.4, 0.5) is 5.95 Å². The number of rotatable bonds is 11. The van der Waals surface area contributed by atoms with Crippen LogP contribution in [-0.4, -0.2) is 58.4 Å². The van der Waals surface area contributed by atoms with Gasteiger partial charge in [0.2, 0.25) is 5.95 Å². The summed E-state index contributed by atoms with van der Waals surface area (Å²) in [4.78, 5) is 13.9. The van der Waals surface area contributed by atoms with Crippen molar-refractivity contribution in [3.63, 3.8) is 0 Å². The molecule has 0 bridgehead atoms. The minimum atomic E-state index is -0.115. The molecular weight excluding hydrogens is 532 g/mol. The first kappa shape index (κ1) is 35.7. The number of hydrogen-bond donors (Lipinski definition) is 2. The third-order valence-electron chi connectivity index (χ3n) is 10.0. The van der Waals surface area contributed by atoms with Crippen LogP contribution in [0.2, 0.25) is 0 Å². The molecule has 0 aromatic carbocycles. The fourth-order valence-electron chi connectivity index (χ4n) is 8.09. The van der Waals surface area contributed by atoms with E-state index < -0.39 is 0 Å². The Labute approximate surface area is 264 Å². The summed E-state index contributed by atoms with van der Waals surface area (Å²) in [6, 6.07) is 0. The van der Waals surface area contributed by atoms with Crippen molar-refractivity contribution in [2.45, 2.75) is 188 Å². The van der Waals surface area contributed by atoms with Crippen molar-refractivity contribution in [1.29, 1.82) is 0 Å². The van der Waals surface area contributed by atoms with Gasteiger partial charge >= 0.3 is 0 Å². The van der Waals surface area contributed by atoms with Gasteiger partial charge in [-0.05, 0) is 145 Å². The van der Waals surface area contributed by atoms with Gasteiger partial charge in [0.15, 0.2) is 0 Å². The molecule has 0 amide bonds. The molecule has 1 unspecified atom stereocenters. The van der Waals surface area contributed by atoms with Crippen LogP contribution in [0.25, 0.3) is 0 Å². The minimum Gasteiger partial charge on any atom is -0.349 e. The van der Waals surface area contributed by atoms with Crippen molar-refractivity contribution in [3.05, 3.63) is 12.2 Å². The zero-order valence-electron chi connectivity index (χ0n) is 30.2. The third kappa shape index (κ3) is 9.59. The van der Waals surface area contributed by atoms with Gasteiger partial charge in [-0.1, -0.05) is 20.8 Å². The van der Waals surface area contributed by atoms with Gasteiger partial charge in [-0.3, -0.25) is 10.9 Å². The molecule has 1 aromatic heterocycles. The van der Waals surface area contributed by atoms with E-state index in [1.807, 2.05) is 0 Å². The van der Waals surface area contributed by atoms with E-state index in [1.165, 1.54) is 31.4 Å². The summed E-state index contributed by atoms with van der Waals surface area (Å²) < 4.78 is 0. The summed E-state index contributed by atoms with van der Waals surface area (Å²) in [6.45, 7) is 29.8. The van der Waals surface area contributed by atoms with Gasteiger partial charge in [-0.2, -0.15) is 10.1 Å². The molecule has 0 radical (unpaired) electrons. The predicted octanol–water partition coefficient (Wildman–Crippen LogP) is 8.14. The van der Waals surface area contributed by atoms with Gasteiger partial charge in [-0.25, -0.2) is 15.0 Å². The number of anilines is 1. The number of nitrogens with zero attached hydrogens (tertiary/aromatic N) is 6. The highest BCUT2D eigenvalue weighted by Gasteiger charge is 2.45. The molecule has 2 fully saturated rings. The lowest BCUT2D eigenvalue weighted by atomic mass is 9.71. The number of nitrogens with one attached hydrogen (secondary N) is 1. The lowest BCUT2D eigenvalue weighted by Crippen LogP contribution is -2.65. The quantitative estimate of drug-likeness (QED) is 0.196. The smallest absolute Gasteiger partial charge is 0.226 e. The SMILES string of the molecule is CC(C)(C)CC(C)(C)Nc1ncnc(CCC(CCCC2CCC(C)(C)N(N)C2(C)C)=NN2C(C)(C)CCCC2(C)C)n1. The summed E-state index contributed by atoms with van der Waals surface area (Å²) in [6.07, 6.45) is 13.5. The molecule has 246 valence electrons. The Hall–Kier alpha value is -1.80. The van der Waals surface area contributed by atoms with Crippen molar-refractivity contribution in [3.8, 4) is 0 Å². The third-order valence-corrected chi connectivity index (χ3v) is 10.0. The van der Waals surface area contributed by atoms with Crippen molar-refractivity contribution in [2.24, 2.45) is 22.3 Å². The zero-order valence-corrected chi connectivity index (χ0v) is 30.2. The van der Waals surface area contributed by atoms with E-state index in [0.29, 0.717) is 11.9 Å². The number of hydrazine groups is 1. The Morgan fingerprint density at radius 1 is 0.930 bits per heavy atom. The molecule has 2 aliphatic heterocycles. The maximum atomic E-state index is 6.67. The van der Waals surface area contributed by atoms with Crippen LogP contribution in [0, 0.1) is 11.3 Å². The van der Waals surface area contributed by atoms with E-state index in [0.717, 1.165) is 50.8 Å². The molecule has 2 aliphatic rings. The first-order valence-corrected chi connectivity index (χ1v) is 16.9. The number of aryl methyl sites for hydroxylation is 1. The Morgan fingerprint density at radius 3 is 2.16 bits per heavy atom. The minimum absolute atomic E-state index is 0.0229. The molecule has 8 nitrogen and oxygen atoms in total. The number of hydrazone groups is 1. The average molecular weight is 599 g/mol. The summed E-state index contributed by atoms with van der Waals surface area (Å²) >= 11 is 0. The van der Waals surface area contributed by atoms with Gasteiger partial charge in [0.1, 0.15) is 12.2 Å². The second-order valence-corrected chi connectivity index (χ2v) is 17.9. The lowest BCUT2D eigenvalue weighted by molar-refractivity contribution is -0.0691. The zero-order chi connectivity index (χ0) is 32.5. The lowest BCUT2D eigenvalue weighted by Gasteiger charge is -2.54. The highest BCUT2D eigenvalue weighted by Crippen LogP contribution is 2.42. The molecule has 3 N–H and O–H groups in total. The van der Waals surface area contributed by atoms with E-state index in [-0.39, 0.29) is 33.1 Å². The topological polar surface area (TPSA) is 95.6 Å². The molecule has 0 spiro atoms. The highest BCUT2D eigenvalue weighted by atomic mass is 15.5. The molecule has 0 aliphatic carbocycles. The highest BCUT2D eigenvalue weighted by molar-refractivity contribution is 5.84. The summed E-state index contributed by atoms with van der Waals surface area (Å²) in [5, 5.41) is 13.6. The largest absolute Gasteiger partial charge is 0.349 e. The van der Waals surface area contributed by atoms with Crippen molar-refractivity contribution in [1.82, 2.24) is 25.0 Å². The Morgan fingerprint density at radius 2 is 1.56 bits per heavy atom. The van der Waals surface area contributed by atoms with Crippen molar-refractivity contribution < 1.29 is 0 Å². The molecule has 1 atom stereocenters. The number of aromatic nitrogens is 3. The van der Waals surface area contributed by atoms with Gasteiger partial charge in [0.05, 0.1) is 11.1 Å². The molecular formula is C35H66N8. The van der Waals surface area contributed by atoms with Crippen molar-refractivity contribution >= 4 is 11.7 Å². The van der Waals surface area contributed by atoms with Crippen LogP contribution >= 0.6 is 0 Å². The summed E-state index contributed by atoms with van der Waals surface area (Å²) in [7, 11) is 0. The fourth-order valence-corrected chi connectivity index (χ4v) is 8.09. The Bertz CT molecular complexity index is 1080. The van der Waals surface area contributed by atoms with E-state index in [2.05, 4.69) is 115 Å². The molecule has 8 heteroatoms. The molecule has 1 aromatic rings. The second kappa shape index (κ2) is 12.9. The van der Waals surface area contributed by atoms with Gasteiger partial charge in [-0.15, -0.1) is 0 Å². The number of nitrogens with two attached hydrogens (primary N) is 1. The van der Waals surface area contributed by atoms with Crippen LogP contribution in [0.5, 0.6) is 0 Å². The van der Waals surface area contributed by atoms with E-state index in [4.69, 9.17) is 15.9 Å². The Balaban J connectivity index is 1.77. The maximum Gasteiger partial charge on any atom is 0.226 e. The summed E-state index contributed by atoms with van der Waals surface area (Å²) in [5.41, 5.74) is 1.43. The van der Waals surface area contributed by atoms with Crippen LogP contribution in [0.3, 0.4) is 0 Å². The van der Waals surface area contributed by atoms with Gasteiger partial charge in [0, 0.05) is 28.7 Å². The van der Waals surface area contributed by atoms with Crippen LogP contribution < -0.4 is 11.2 Å². The van der Waals surface area contributed by atoms with Gasteiger partial charge < -0.3 is 5.32 Å². The second-order valence-electron chi connectivity index (χ2n) is 17.9. The van der Waals surface area contributed by atoms with E-state index >= 15 is 0 Å². The fraction of sp³-hybridized carbons (Fsp3) is 0.886. The molecule has 3 rings (SSSR count). The molecule has 3 heterocycles.